The lowest BCUT2D eigenvalue weighted by Crippen LogP contribution is -2.45. The predicted octanol–water partition coefficient (Wildman–Crippen LogP) is 13.8. The van der Waals surface area contributed by atoms with Crippen LogP contribution in [0.5, 0.6) is 0 Å². The highest BCUT2D eigenvalue weighted by atomic mass is 15.2. The summed E-state index contributed by atoms with van der Waals surface area (Å²) in [5.74, 6) is 0. The van der Waals surface area contributed by atoms with Gasteiger partial charge in [0.2, 0.25) is 0 Å². The van der Waals surface area contributed by atoms with Crippen LogP contribution < -0.4 is 21.1 Å². The minimum Gasteiger partial charge on any atom is -0.355 e. The van der Waals surface area contributed by atoms with Crippen LogP contribution in [-0.4, -0.2) is 7.28 Å². The van der Waals surface area contributed by atoms with E-state index in [1.807, 2.05) is 0 Å². The molecule has 60 heavy (non-hydrogen) atoms. The topological polar surface area (TPSA) is 15.3 Å². The van der Waals surface area contributed by atoms with E-state index >= 15 is 0 Å². The van der Waals surface area contributed by atoms with Gasteiger partial charge in [-0.15, -0.1) is 0 Å². The summed E-state index contributed by atoms with van der Waals surface area (Å²) >= 11 is 0. The molecule has 11 rings (SSSR count). The number of nitrogens with one attached hydrogen (secondary N) is 1. The first kappa shape index (κ1) is 36.7. The first-order valence-corrected chi connectivity index (χ1v) is 22.0. The molecule has 0 radical (unpaired) electrons. The molecular formula is C57H51BN2. The van der Waals surface area contributed by atoms with Crippen molar-refractivity contribution >= 4 is 57.4 Å². The summed E-state index contributed by atoms with van der Waals surface area (Å²) < 4.78 is 0. The zero-order valence-corrected chi connectivity index (χ0v) is 35.5. The third kappa shape index (κ3) is 5.62. The van der Waals surface area contributed by atoms with E-state index in [0.29, 0.717) is 0 Å². The largest absolute Gasteiger partial charge is 0.355 e. The van der Waals surface area contributed by atoms with E-state index in [0.717, 1.165) is 19.4 Å². The Hall–Kier alpha value is -6.32. The van der Waals surface area contributed by atoms with Gasteiger partial charge in [0.05, 0.1) is 5.69 Å². The van der Waals surface area contributed by atoms with Gasteiger partial charge in [0, 0.05) is 39.1 Å². The van der Waals surface area contributed by atoms with Crippen molar-refractivity contribution in [1.29, 1.82) is 0 Å². The zero-order valence-electron chi connectivity index (χ0n) is 35.5. The zero-order chi connectivity index (χ0) is 40.8. The molecule has 0 aromatic heterocycles. The molecule has 0 saturated heterocycles. The smallest absolute Gasteiger partial charge is 0.198 e. The number of para-hydroxylation sites is 1. The van der Waals surface area contributed by atoms with E-state index in [-0.39, 0.29) is 10.8 Å². The van der Waals surface area contributed by atoms with E-state index in [2.05, 4.69) is 203 Å². The summed E-state index contributed by atoms with van der Waals surface area (Å²) in [4.78, 5) is 2.65. The Morgan fingerprint density at radius 2 is 1.25 bits per heavy atom. The maximum absolute atomic E-state index is 4.15. The molecule has 0 amide bonds. The maximum Gasteiger partial charge on any atom is 0.198 e. The first-order valence-electron chi connectivity index (χ1n) is 22.0. The van der Waals surface area contributed by atoms with Crippen molar-refractivity contribution in [3.8, 4) is 33.4 Å². The molecule has 2 nitrogen and oxygen atoms in total. The van der Waals surface area contributed by atoms with Crippen LogP contribution in [0.2, 0.25) is 0 Å². The van der Waals surface area contributed by atoms with Gasteiger partial charge in [-0.1, -0.05) is 180 Å². The number of aryl methyl sites for hydroxylation is 1. The summed E-state index contributed by atoms with van der Waals surface area (Å²) in [7, 11) is 0.877. The van der Waals surface area contributed by atoms with Crippen LogP contribution in [0.3, 0.4) is 0 Å². The monoisotopic (exact) mass is 774 g/mol. The van der Waals surface area contributed by atoms with Gasteiger partial charge < -0.3 is 10.2 Å². The van der Waals surface area contributed by atoms with E-state index in [9.17, 15) is 0 Å². The Bertz CT molecular complexity index is 3010. The lowest BCUT2D eigenvalue weighted by atomic mass is 9.55. The van der Waals surface area contributed by atoms with Gasteiger partial charge >= 0.3 is 0 Å². The highest BCUT2D eigenvalue weighted by molar-refractivity contribution is 6.73. The highest BCUT2D eigenvalue weighted by Gasteiger charge is 2.42. The Morgan fingerprint density at radius 3 is 2.08 bits per heavy atom. The molecule has 2 aliphatic heterocycles. The van der Waals surface area contributed by atoms with Gasteiger partial charge in [-0.25, -0.2) is 0 Å². The van der Waals surface area contributed by atoms with Crippen molar-refractivity contribution in [1.82, 2.24) is 0 Å². The fraction of sp³-hybridized carbons (Fsp3) is 0.193. The lowest BCUT2D eigenvalue weighted by Gasteiger charge is -2.46. The normalized spacial score (nSPS) is 14.7. The fourth-order valence-electron chi connectivity index (χ4n) is 11.0. The van der Waals surface area contributed by atoms with Gasteiger partial charge in [0.15, 0.2) is 7.28 Å². The van der Waals surface area contributed by atoms with Crippen LogP contribution in [0.25, 0.3) is 44.2 Å². The second-order valence-corrected chi connectivity index (χ2v) is 18.4. The number of hydrogen-bond acceptors (Lipinski definition) is 2. The molecule has 1 N–H and O–H groups in total. The van der Waals surface area contributed by atoms with Gasteiger partial charge in [-0.2, -0.15) is 0 Å². The van der Waals surface area contributed by atoms with Crippen LogP contribution in [0.1, 0.15) is 81.7 Å². The minimum atomic E-state index is -0.147. The van der Waals surface area contributed by atoms with E-state index in [1.54, 1.807) is 0 Å². The molecule has 292 valence electrons. The van der Waals surface area contributed by atoms with Gasteiger partial charge in [0.1, 0.15) is 0 Å². The Balaban J connectivity index is 1.15. The Kier molecular flexibility index (Phi) is 8.50. The number of benzene rings is 8. The van der Waals surface area contributed by atoms with Crippen molar-refractivity contribution < 1.29 is 0 Å². The molecule has 1 aliphatic carbocycles. The standard InChI is InChI=1S/C57H51BN2/c1-6-7-9-18-36-31-44(54-52(32-36)60-51-35-39-22-13-12-21-38(39)33-47(51)56(2,3)46-26-17-27-48(58-54)55(46)60)42-30-29-40(37-19-10-8-11-20-37)34-50(42)59-49-28-16-24-43-41-23-14-15-25-45(41)57(4,5)53(43)49/h8,10-17,19-35,58-59H,6-7,9,18H2,1-5H3. The van der Waals surface area contributed by atoms with Crippen LogP contribution >= 0.6 is 0 Å². The summed E-state index contributed by atoms with van der Waals surface area (Å²) in [5.41, 5.74) is 23.4. The fourth-order valence-corrected chi connectivity index (χ4v) is 11.0. The molecular weight excluding hydrogens is 723 g/mol. The van der Waals surface area contributed by atoms with Crippen molar-refractivity contribution in [2.75, 3.05) is 10.2 Å². The van der Waals surface area contributed by atoms with Crippen LogP contribution in [0.4, 0.5) is 28.4 Å². The summed E-state index contributed by atoms with van der Waals surface area (Å²) in [5, 5.41) is 6.72. The molecule has 0 atom stereocenters. The van der Waals surface area contributed by atoms with Crippen LogP contribution in [0, 0.1) is 0 Å². The SMILES string of the molecule is CCCCCc1cc(-c2ccc(-c3ccccc3)cc2Nc2cccc3c2C(C)(C)c2ccccc2-3)c2c(c1)N1c3cc4ccccc4cc3C(C)(C)c3cccc(c31)B2. The molecule has 0 bridgehead atoms. The molecule has 0 saturated carbocycles. The summed E-state index contributed by atoms with van der Waals surface area (Å²) in [6.45, 7) is 11.9. The third-order valence-corrected chi connectivity index (χ3v) is 14.0. The molecule has 3 heteroatoms. The number of nitrogens with zero attached hydrogens (tertiary/aromatic N) is 1. The molecule has 0 spiro atoms. The van der Waals surface area contributed by atoms with Crippen molar-refractivity contribution in [3.05, 3.63) is 186 Å². The average molecular weight is 775 g/mol. The quantitative estimate of drug-likeness (QED) is 0.122. The van der Waals surface area contributed by atoms with E-state index < -0.39 is 0 Å². The number of hydrogen-bond donors (Lipinski definition) is 1. The molecule has 8 aromatic rings. The van der Waals surface area contributed by atoms with Gasteiger partial charge in [-0.05, 0) is 115 Å². The van der Waals surface area contributed by atoms with E-state index in [4.69, 9.17) is 0 Å². The van der Waals surface area contributed by atoms with E-state index in [1.165, 1.54) is 125 Å². The third-order valence-electron chi connectivity index (χ3n) is 14.0. The molecule has 0 unspecified atom stereocenters. The number of fused-ring (bicyclic) bond motifs is 8. The predicted molar refractivity (Wildman–Crippen MR) is 259 cm³/mol. The second-order valence-electron chi connectivity index (χ2n) is 18.4. The number of unbranched alkanes of at least 4 members (excludes halogenated alkanes) is 2. The van der Waals surface area contributed by atoms with Crippen molar-refractivity contribution in [2.24, 2.45) is 0 Å². The number of rotatable bonds is 8. The molecule has 2 heterocycles. The Morgan fingerprint density at radius 1 is 0.517 bits per heavy atom. The van der Waals surface area contributed by atoms with Crippen molar-refractivity contribution in [3.63, 3.8) is 0 Å². The molecule has 3 aliphatic rings. The lowest BCUT2D eigenvalue weighted by molar-refractivity contribution is 0.633. The molecule has 8 aromatic carbocycles. The van der Waals surface area contributed by atoms with Crippen LogP contribution in [-0.2, 0) is 17.3 Å². The number of anilines is 5. The first-order chi connectivity index (χ1) is 29.2. The van der Waals surface area contributed by atoms with Gasteiger partial charge in [0.25, 0.3) is 0 Å². The molecule has 0 fully saturated rings. The second kappa shape index (κ2) is 13.9. The minimum absolute atomic E-state index is 0.145. The van der Waals surface area contributed by atoms with Crippen molar-refractivity contribution in [2.45, 2.75) is 71.1 Å². The highest BCUT2D eigenvalue weighted by Crippen LogP contribution is 2.55. The van der Waals surface area contributed by atoms with Gasteiger partial charge in [-0.3, -0.25) is 0 Å². The van der Waals surface area contributed by atoms with Crippen LogP contribution in [0.15, 0.2) is 158 Å². The summed E-state index contributed by atoms with van der Waals surface area (Å²) in [6.07, 6.45) is 4.65. The maximum atomic E-state index is 4.15. The average Bonchev–Trinajstić information content (AvgIpc) is 3.51. The summed E-state index contributed by atoms with van der Waals surface area (Å²) in [6, 6.07) is 59.7. The Labute approximate surface area is 356 Å².